The maximum absolute atomic E-state index is 10.9. The number of benzene rings is 1. The van der Waals surface area contributed by atoms with E-state index in [9.17, 15) is 9.59 Å². The van der Waals surface area contributed by atoms with E-state index >= 15 is 0 Å². The molecular formula is C17H23N5O4S. The van der Waals surface area contributed by atoms with Gasteiger partial charge in [0.2, 0.25) is 11.8 Å². The Hall–Kier alpha value is -2.93. The Balaban J connectivity index is 2.87. The number of thioether (sulfide) groups is 1. The number of nitriles is 1. The number of hydrogen-bond donors (Lipinski definition) is 3. The first-order valence-corrected chi connectivity index (χ1v) is 9.35. The third kappa shape index (κ3) is 9.37. The van der Waals surface area contributed by atoms with Gasteiger partial charge in [0, 0.05) is 19.9 Å². The highest BCUT2D eigenvalue weighted by molar-refractivity contribution is 8.13. The van der Waals surface area contributed by atoms with Gasteiger partial charge in [-0.1, -0.05) is 11.8 Å². The first-order chi connectivity index (χ1) is 13.0. The predicted octanol–water partition coefficient (Wildman–Crippen LogP) is 1.14. The van der Waals surface area contributed by atoms with Crippen LogP contribution in [0.2, 0.25) is 0 Å². The Morgan fingerprint density at radius 2 is 1.70 bits per heavy atom. The molecule has 1 aromatic carbocycles. The molecule has 0 saturated carbocycles. The number of hydrogen-bond acceptors (Lipinski definition) is 7. The smallest absolute Gasteiger partial charge is 0.216 e. The van der Waals surface area contributed by atoms with Crippen molar-refractivity contribution in [3.8, 4) is 17.7 Å². The van der Waals surface area contributed by atoms with E-state index in [2.05, 4.69) is 20.9 Å². The zero-order chi connectivity index (χ0) is 20.1. The summed E-state index contributed by atoms with van der Waals surface area (Å²) in [4.78, 5) is 26.2. The summed E-state index contributed by atoms with van der Waals surface area (Å²) in [6, 6.07) is 5.10. The fourth-order valence-corrected chi connectivity index (χ4v) is 2.21. The molecule has 0 aromatic heterocycles. The third-order valence-electron chi connectivity index (χ3n) is 2.98. The quantitative estimate of drug-likeness (QED) is 0.189. The monoisotopic (exact) mass is 393 g/mol. The van der Waals surface area contributed by atoms with Gasteiger partial charge in [0.1, 0.15) is 13.2 Å². The minimum absolute atomic E-state index is 0.135. The van der Waals surface area contributed by atoms with Crippen molar-refractivity contribution in [3.63, 3.8) is 0 Å². The molecule has 2 amide bonds. The summed E-state index contributed by atoms with van der Waals surface area (Å²) in [6.07, 6.45) is 3.63. The lowest BCUT2D eigenvalue weighted by Crippen LogP contribution is -2.26. The van der Waals surface area contributed by atoms with Crippen LogP contribution in [-0.2, 0) is 9.59 Å². The summed E-state index contributed by atoms with van der Waals surface area (Å²) in [6.45, 7) is 4.10. The van der Waals surface area contributed by atoms with Gasteiger partial charge in [0.15, 0.2) is 22.9 Å². The largest absolute Gasteiger partial charge is 0.488 e. The van der Waals surface area contributed by atoms with E-state index < -0.39 is 0 Å². The summed E-state index contributed by atoms with van der Waals surface area (Å²) < 4.78 is 11.3. The van der Waals surface area contributed by atoms with E-state index in [4.69, 9.17) is 14.7 Å². The summed E-state index contributed by atoms with van der Waals surface area (Å²) >= 11 is 1.30. The fraction of sp³-hybridized carbons (Fsp3) is 0.412. The molecule has 10 heteroatoms. The Bertz CT molecular complexity index is 718. The number of amides is 2. The van der Waals surface area contributed by atoms with Crippen molar-refractivity contribution in [2.45, 2.75) is 13.8 Å². The van der Waals surface area contributed by atoms with Gasteiger partial charge < -0.3 is 20.1 Å². The normalized spacial score (nSPS) is 10.5. The van der Waals surface area contributed by atoms with Crippen LogP contribution in [-0.4, -0.2) is 49.5 Å². The molecule has 1 aromatic rings. The van der Waals surface area contributed by atoms with Crippen molar-refractivity contribution >= 4 is 34.4 Å². The first-order valence-electron chi connectivity index (χ1n) is 8.12. The van der Waals surface area contributed by atoms with Crippen LogP contribution in [0.3, 0.4) is 0 Å². The van der Waals surface area contributed by atoms with E-state index in [0.29, 0.717) is 35.4 Å². The molecule has 1 rings (SSSR count). The SMILES string of the molecule is CSC(=Nc1ccc(OCCNC(C)=O)c(OCCNC(C)=O)c1)NC#N. The number of carbonyl (C=O) groups is 2. The Morgan fingerprint density at radius 3 is 2.22 bits per heavy atom. The zero-order valence-corrected chi connectivity index (χ0v) is 16.3. The van der Waals surface area contributed by atoms with E-state index in [1.165, 1.54) is 25.6 Å². The molecule has 0 unspecified atom stereocenters. The van der Waals surface area contributed by atoms with E-state index in [1.807, 2.05) is 6.19 Å². The van der Waals surface area contributed by atoms with Crippen molar-refractivity contribution in [2.75, 3.05) is 32.6 Å². The molecule has 27 heavy (non-hydrogen) atoms. The van der Waals surface area contributed by atoms with Gasteiger partial charge in [-0.2, -0.15) is 5.26 Å². The Labute approximate surface area is 162 Å². The fourth-order valence-electron chi connectivity index (χ4n) is 1.86. The maximum atomic E-state index is 10.9. The van der Waals surface area contributed by atoms with Crippen LogP contribution >= 0.6 is 11.8 Å². The van der Waals surface area contributed by atoms with Gasteiger partial charge >= 0.3 is 0 Å². The van der Waals surface area contributed by atoms with Gasteiger partial charge in [-0.25, -0.2) is 4.99 Å². The second kappa shape index (κ2) is 12.4. The molecule has 0 aliphatic rings. The highest BCUT2D eigenvalue weighted by Crippen LogP contribution is 2.32. The minimum Gasteiger partial charge on any atom is -0.488 e. The molecule has 0 saturated heterocycles. The summed E-state index contributed by atoms with van der Waals surface area (Å²) in [5.41, 5.74) is 0.575. The Kier molecular flexibility index (Phi) is 10.2. The van der Waals surface area contributed by atoms with Crippen molar-refractivity contribution in [1.82, 2.24) is 16.0 Å². The summed E-state index contributed by atoms with van der Waals surface area (Å²) in [7, 11) is 0. The topological polar surface area (TPSA) is 125 Å². The Morgan fingerprint density at radius 1 is 1.11 bits per heavy atom. The van der Waals surface area contributed by atoms with Crippen LogP contribution < -0.4 is 25.4 Å². The van der Waals surface area contributed by atoms with E-state index in [-0.39, 0.29) is 25.0 Å². The lowest BCUT2D eigenvalue weighted by Gasteiger charge is -2.14. The standard InChI is InChI=1S/C17H23N5O4S/c1-12(23)19-6-8-25-15-5-4-14(22-17(27-3)21-11-18)10-16(15)26-9-7-20-13(2)24/h4-5,10H,6-9H2,1-3H3,(H,19,23)(H,20,24)(H,21,22). The number of nitrogens with one attached hydrogen (secondary N) is 3. The first kappa shape index (κ1) is 22.1. The second-order valence-electron chi connectivity index (χ2n) is 5.15. The van der Waals surface area contributed by atoms with Gasteiger partial charge in [-0.05, 0) is 18.4 Å². The van der Waals surface area contributed by atoms with Gasteiger partial charge in [0.25, 0.3) is 0 Å². The van der Waals surface area contributed by atoms with Gasteiger partial charge in [-0.15, -0.1) is 0 Å². The van der Waals surface area contributed by atoms with Crippen LogP contribution in [0.25, 0.3) is 0 Å². The van der Waals surface area contributed by atoms with Crippen LogP contribution in [0.15, 0.2) is 23.2 Å². The van der Waals surface area contributed by atoms with E-state index in [1.54, 1.807) is 24.5 Å². The third-order valence-corrected chi connectivity index (χ3v) is 3.56. The lowest BCUT2D eigenvalue weighted by atomic mass is 10.3. The molecule has 0 bridgehead atoms. The lowest BCUT2D eigenvalue weighted by molar-refractivity contribution is -0.119. The summed E-state index contributed by atoms with van der Waals surface area (Å²) in [5.74, 6) is 0.656. The highest BCUT2D eigenvalue weighted by Gasteiger charge is 2.08. The summed E-state index contributed by atoms with van der Waals surface area (Å²) in [5, 5.41) is 17.0. The van der Waals surface area contributed by atoms with Gasteiger partial charge in [0.05, 0.1) is 18.8 Å². The molecule has 0 spiro atoms. The molecule has 0 fully saturated rings. The zero-order valence-electron chi connectivity index (χ0n) is 15.5. The number of amidine groups is 1. The maximum Gasteiger partial charge on any atom is 0.216 e. The number of carbonyl (C=O) groups excluding carboxylic acids is 2. The molecule has 9 nitrogen and oxygen atoms in total. The molecule has 3 N–H and O–H groups in total. The van der Waals surface area contributed by atoms with Crippen LogP contribution in [0.1, 0.15) is 13.8 Å². The van der Waals surface area contributed by atoms with Crippen LogP contribution in [0, 0.1) is 11.5 Å². The average Bonchev–Trinajstić information content (AvgIpc) is 2.62. The van der Waals surface area contributed by atoms with Crippen LogP contribution in [0.4, 0.5) is 5.69 Å². The average molecular weight is 393 g/mol. The van der Waals surface area contributed by atoms with Crippen LogP contribution in [0.5, 0.6) is 11.5 Å². The van der Waals surface area contributed by atoms with Crippen molar-refractivity contribution < 1.29 is 19.1 Å². The second-order valence-corrected chi connectivity index (χ2v) is 5.95. The molecule has 0 atom stereocenters. The highest BCUT2D eigenvalue weighted by atomic mass is 32.2. The molecule has 0 aliphatic heterocycles. The number of rotatable bonds is 9. The molecule has 146 valence electrons. The van der Waals surface area contributed by atoms with E-state index in [0.717, 1.165) is 0 Å². The van der Waals surface area contributed by atoms with Gasteiger partial charge in [-0.3, -0.25) is 14.9 Å². The number of aliphatic imine (C=N–C) groups is 1. The molecule has 0 heterocycles. The van der Waals surface area contributed by atoms with Crippen molar-refractivity contribution in [1.29, 1.82) is 5.26 Å². The molecule has 0 radical (unpaired) electrons. The van der Waals surface area contributed by atoms with Crippen molar-refractivity contribution in [3.05, 3.63) is 18.2 Å². The number of nitrogens with zero attached hydrogens (tertiary/aromatic N) is 2. The predicted molar refractivity (Wildman–Crippen MR) is 104 cm³/mol. The van der Waals surface area contributed by atoms with Crippen molar-refractivity contribution in [2.24, 2.45) is 4.99 Å². The minimum atomic E-state index is -0.143. The molecular weight excluding hydrogens is 370 g/mol. The number of ether oxygens (including phenoxy) is 2. The molecule has 0 aliphatic carbocycles.